The van der Waals surface area contributed by atoms with Crippen LogP contribution in [0.3, 0.4) is 0 Å². The highest BCUT2D eigenvalue weighted by molar-refractivity contribution is 9.10. The number of amides is 1. The number of aryl methyl sites for hydroxylation is 1. The summed E-state index contributed by atoms with van der Waals surface area (Å²) in [5.74, 6) is 0.0113. The molecular weight excluding hydrogens is 328 g/mol. The molecule has 2 aromatic rings. The summed E-state index contributed by atoms with van der Waals surface area (Å²) >= 11 is 3.46. The minimum atomic E-state index is 0.0113. The van der Waals surface area contributed by atoms with Gasteiger partial charge in [0.05, 0.1) is 0 Å². The second-order valence-corrected chi connectivity index (χ2v) is 5.87. The predicted molar refractivity (Wildman–Crippen MR) is 91.7 cm³/mol. The average Bonchev–Trinajstić information content (AvgIpc) is 2.48. The first-order valence-electron chi connectivity index (χ1n) is 6.96. The molecule has 0 fully saturated rings. The summed E-state index contributed by atoms with van der Waals surface area (Å²) in [6.07, 6.45) is 0.894. The van der Waals surface area contributed by atoms with Crippen LogP contribution >= 0.6 is 15.9 Å². The Balaban J connectivity index is 2.34. The summed E-state index contributed by atoms with van der Waals surface area (Å²) in [5.41, 5.74) is 9.03. The van der Waals surface area contributed by atoms with Gasteiger partial charge in [0.15, 0.2) is 0 Å². The maximum Gasteiger partial charge on any atom is 0.258 e. The molecule has 0 aromatic heterocycles. The van der Waals surface area contributed by atoms with Gasteiger partial charge >= 0.3 is 0 Å². The zero-order valence-electron chi connectivity index (χ0n) is 12.3. The van der Waals surface area contributed by atoms with E-state index < -0.39 is 0 Å². The fraction of sp³-hybridized carbons (Fsp3) is 0.235. The van der Waals surface area contributed by atoms with E-state index in [1.807, 2.05) is 49.4 Å². The van der Waals surface area contributed by atoms with Gasteiger partial charge in [-0.15, -0.1) is 0 Å². The van der Waals surface area contributed by atoms with Gasteiger partial charge in [0.2, 0.25) is 0 Å². The van der Waals surface area contributed by atoms with Crippen molar-refractivity contribution in [3.63, 3.8) is 0 Å². The van der Waals surface area contributed by atoms with Crippen LogP contribution in [0.1, 0.15) is 29.3 Å². The van der Waals surface area contributed by atoms with Gasteiger partial charge in [-0.1, -0.05) is 22.9 Å². The molecule has 0 atom stereocenters. The minimum Gasteiger partial charge on any atom is -0.399 e. The zero-order valence-corrected chi connectivity index (χ0v) is 13.9. The van der Waals surface area contributed by atoms with Crippen LogP contribution in [0.5, 0.6) is 0 Å². The normalized spacial score (nSPS) is 10.4. The van der Waals surface area contributed by atoms with E-state index >= 15 is 0 Å². The van der Waals surface area contributed by atoms with Crippen molar-refractivity contribution < 1.29 is 4.79 Å². The van der Waals surface area contributed by atoms with Gasteiger partial charge in [0.25, 0.3) is 5.91 Å². The molecule has 21 heavy (non-hydrogen) atoms. The zero-order chi connectivity index (χ0) is 15.4. The third-order valence-corrected chi connectivity index (χ3v) is 4.19. The van der Waals surface area contributed by atoms with Gasteiger partial charge in [-0.05, 0) is 61.4 Å². The van der Waals surface area contributed by atoms with Crippen molar-refractivity contribution in [2.45, 2.75) is 20.3 Å². The Hall–Kier alpha value is -1.81. The fourth-order valence-electron chi connectivity index (χ4n) is 2.16. The van der Waals surface area contributed by atoms with Gasteiger partial charge in [-0.3, -0.25) is 4.79 Å². The summed E-state index contributed by atoms with van der Waals surface area (Å²) in [6.45, 7) is 4.72. The Bertz CT molecular complexity index is 638. The van der Waals surface area contributed by atoms with E-state index in [0.717, 1.165) is 22.1 Å². The molecule has 3 nitrogen and oxygen atoms in total. The fourth-order valence-corrected chi connectivity index (χ4v) is 2.41. The molecule has 0 saturated carbocycles. The molecule has 0 spiro atoms. The van der Waals surface area contributed by atoms with Crippen molar-refractivity contribution in [2.24, 2.45) is 0 Å². The van der Waals surface area contributed by atoms with Crippen LogP contribution in [0.4, 0.5) is 11.4 Å². The quantitative estimate of drug-likeness (QED) is 0.834. The van der Waals surface area contributed by atoms with E-state index in [0.29, 0.717) is 17.8 Å². The topological polar surface area (TPSA) is 46.3 Å². The Morgan fingerprint density at radius 3 is 2.43 bits per heavy atom. The van der Waals surface area contributed by atoms with Crippen molar-refractivity contribution in [1.29, 1.82) is 0 Å². The van der Waals surface area contributed by atoms with Crippen LogP contribution in [0.2, 0.25) is 0 Å². The van der Waals surface area contributed by atoms with Crippen molar-refractivity contribution in [3.05, 3.63) is 58.1 Å². The number of carbonyl (C=O) groups excluding carboxylic acids is 1. The lowest BCUT2D eigenvalue weighted by atomic mass is 10.1. The van der Waals surface area contributed by atoms with Crippen molar-refractivity contribution in [1.82, 2.24) is 0 Å². The van der Waals surface area contributed by atoms with E-state index in [1.54, 1.807) is 4.90 Å². The second-order valence-electron chi connectivity index (χ2n) is 5.01. The Morgan fingerprint density at radius 2 is 1.86 bits per heavy atom. The SMILES string of the molecule is CCCN(C(=O)c1ccc(Br)c(C)c1)c1ccc(N)cc1. The highest BCUT2D eigenvalue weighted by Gasteiger charge is 2.17. The number of halogens is 1. The molecule has 2 rings (SSSR count). The highest BCUT2D eigenvalue weighted by atomic mass is 79.9. The van der Waals surface area contributed by atoms with Crippen LogP contribution in [0, 0.1) is 6.92 Å². The molecule has 2 aromatic carbocycles. The molecule has 0 unspecified atom stereocenters. The molecule has 0 aliphatic heterocycles. The van der Waals surface area contributed by atoms with E-state index in [2.05, 4.69) is 22.9 Å². The van der Waals surface area contributed by atoms with E-state index in [4.69, 9.17) is 5.73 Å². The summed E-state index contributed by atoms with van der Waals surface area (Å²) in [5, 5.41) is 0. The number of nitrogens with two attached hydrogens (primary N) is 1. The molecule has 0 saturated heterocycles. The summed E-state index contributed by atoms with van der Waals surface area (Å²) in [6, 6.07) is 13.1. The Kier molecular flexibility index (Phi) is 5.02. The molecular formula is C17H19BrN2O. The number of hydrogen-bond donors (Lipinski definition) is 1. The predicted octanol–water partition coefficient (Wildman–Crippen LogP) is 4.40. The average molecular weight is 347 g/mol. The number of anilines is 2. The van der Waals surface area contributed by atoms with E-state index in [1.165, 1.54) is 0 Å². The molecule has 110 valence electrons. The van der Waals surface area contributed by atoms with Gasteiger partial charge in [0.1, 0.15) is 0 Å². The third-order valence-electron chi connectivity index (χ3n) is 3.30. The summed E-state index contributed by atoms with van der Waals surface area (Å²) < 4.78 is 1.01. The van der Waals surface area contributed by atoms with Crippen molar-refractivity contribution >= 4 is 33.2 Å². The van der Waals surface area contributed by atoms with Gasteiger partial charge in [0, 0.05) is 28.0 Å². The lowest BCUT2D eigenvalue weighted by molar-refractivity contribution is 0.0987. The molecule has 2 N–H and O–H groups in total. The van der Waals surface area contributed by atoms with E-state index in [-0.39, 0.29) is 5.91 Å². The highest BCUT2D eigenvalue weighted by Crippen LogP contribution is 2.22. The number of rotatable bonds is 4. The first kappa shape index (κ1) is 15.6. The van der Waals surface area contributed by atoms with Crippen LogP contribution in [-0.2, 0) is 0 Å². The maximum absolute atomic E-state index is 12.8. The number of hydrogen-bond acceptors (Lipinski definition) is 2. The lowest BCUT2D eigenvalue weighted by Gasteiger charge is -2.23. The van der Waals surface area contributed by atoms with Crippen molar-refractivity contribution in [3.8, 4) is 0 Å². The number of carbonyl (C=O) groups is 1. The molecule has 0 heterocycles. The van der Waals surface area contributed by atoms with Crippen LogP contribution < -0.4 is 10.6 Å². The maximum atomic E-state index is 12.8. The van der Waals surface area contributed by atoms with Gasteiger partial charge < -0.3 is 10.6 Å². The Morgan fingerprint density at radius 1 is 1.19 bits per heavy atom. The van der Waals surface area contributed by atoms with Crippen molar-refractivity contribution in [2.75, 3.05) is 17.2 Å². The first-order valence-corrected chi connectivity index (χ1v) is 7.75. The number of nitrogen functional groups attached to an aromatic ring is 1. The molecule has 4 heteroatoms. The molecule has 0 radical (unpaired) electrons. The monoisotopic (exact) mass is 346 g/mol. The van der Waals surface area contributed by atoms with Crippen LogP contribution in [-0.4, -0.2) is 12.5 Å². The molecule has 1 amide bonds. The molecule has 0 aliphatic carbocycles. The van der Waals surface area contributed by atoms with Gasteiger partial charge in [-0.2, -0.15) is 0 Å². The Labute approximate surface area is 133 Å². The molecule has 0 aliphatic rings. The second kappa shape index (κ2) is 6.76. The van der Waals surface area contributed by atoms with Crippen LogP contribution in [0.25, 0.3) is 0 Å². The lowest BCUT2D eigenvalue weighted by Crippen LogP contribution is -2.31. The largest absolute Gasteiger partial charge is 0.399 e. The number of nitrogens with zero attached hydrogens (tertiary/aromatic N) is 1. The smallest absolute Gasteiger partial charge is 0.258 e. The summed E-state index contributed by atoms with van der Waals surface area (Å²) in [7, 11) is 0. The third kappa shape index (κ3) is 3.64. The standard InChI is InChI=1S/C17H19BrN2O/c1-3-10-20(15-7-5-14(19)6-8-15)17(21)13-4-9-16(18)12(2)11-13/h4-9,11H,3,10,19H2,1-2H3. The minimum absolute atomic E-state index is 0.0113. The first-order chi connectivity index (χ1) is 10.0. The molecule has 0 bridgehead atoms. The van der Waals surface area contributed by atoms with Crippen LogP contribution in [0.15, 0.2) is 46.9 Å². The number of benzene rings is 2. The summed E-state index contributed by atoms with van der Waals surface area (Å²) in [4.78, 5) is 14.6. The van der Waals surface area contributed by atoms with E-state index in [9.17, 15) is 4.79 Å². The van der Waals surface area contributed by atoms with Gasteiger partial charge in [-0.25, -0.2) is 0 Å².